The third kappa shape index (κ3) is 5.99. The summed E-state index contributed by atoms with van der Waals surface area (Å²) < 4.78 is 68.9. The van der Waals surface area contributed by atoms with E-state index in [0.717, 1.165) is 5.56 Å². The molecule has 0 aromatic heterocycles. The summed E-state index contributed by atoms with van der Waals surface area (Å²) in [5.74, 6) is -0.319. The molecule has 0 unspecified atom stereocenters. The predicted octanol–water partition coefficient (Wildman–Crippen LogP) is 3.35. The summed E-state index contributed by atoms with van der Waals surface area (Å²) in [6, 6.07) is 15.0. The largest absolute Gasteiger partial charge is 0.495 e. The molecule has 4 rings (SSSR count). The van der Waals surface area contributed by atoms with Gasteiger partial charge in [0.1, 0.15) is 21.3 Å². The summed E-state index contributed by atoms with van der Waals surface area (Å²) in [7, 11) is -6.57. The molecule has 38 heavy (non-hydrogen) atoms. The zero-order chi connectivity index (χ0) is 27.5. The summed E-state index contributed by atoms with van der Waals surface area (Å²) >= 11 is 0. The summed E-state index contributed by atoms with van der Waals surface area (Å²) in [6.07, 6.45) is 0. The number of anilines is 1. The van der Waals surface area contributed by atoms with E-state index in [1.807, 2.05) is 6.07 Å². The predicted molar refractivity (Wildman–Crippen MR) is 141 cm³/mol. The van der Waals surface area contributed by atoms with Gasteiger partial charge in [0, 0.05) is 24.3 Å². The van der Waals surface area contributed by atoms with Crippen LogP contribution in [0.1, 0.15) is 21.5 Å². The van der Waals surface area contributed by atoms with Crippen LogP contribution in [0, 0.1) is 13.8 Å². The number of hydrogen-bond acceptors (Lipinski definition) is 8. The Morgan fingerprint density at radius 3 is 2.24 bits per heavy atom. The number of nitrogens with one attached hydrogen (secondary N) is 1. The highest BCUT2D eigenvalue weighted by molar-refractivity contribution is 7.89. The number of ether oxygens (including phenoxy) is 2. The fourth-order valence-electron chi connectivity index (χ4n) is 3.90. The molecule has 202 valence electrons. The van der Waals surface area contributed by atoms with Crippen LogP contribution in [0.3, 0.4) is 0 Å². The second-order valence-corrected chi connectivity index (χ2v) is 12.1. The van der Waals surface area contributed by atoms with Crippen LogP contribution >= 0.6 is 0 Å². The van der Waals surface area contributed by atoms with Crippen molar-refractivity contribution in [3.8, 4) is 11.5 Å². The number of sulfonamides is 1. The quantitative estimate of drug-likeness (QED) is 0.416. The lowest BCUT2D eigenvalue weighted by Gasteiger charge is -2.26. The molecule has 10 nitrogen and oxygen atoms in total. The highest BCUT2D eigenvalue weighted by Crippen LogP contribution is 2.30. The van der Waals surface area contributed by atoms with Gasteiger partial charge in [-0.3, -0.25) is 4.79 Å². The Morgan fingerprint density at radius 1 is 0.895 bits per heavy atom. The first-order chi connectivity index (χ1) is 18.0. The van der Waals surface area contributed by atoms with Crippen LogP contribution < -0.4 is 14.2 Å². The van der Waals surface area contributed by atoms with E-state index in [4.69, 9.17) is 13.7 Å². The molecule has 0 saturated carbocycles. The second-order valence-electron chi connectivity index (χ2n) is 8.67. The number of rotatable bonds is 8. The van der Waals surface area contributed by atoms with Gasteiger partial charge in [-0.15, -0.1) is 0 Å². The summed E-state index contributed by atoms with van der Waals surface area (Å²) in [6.45, 7) is 4.49. The molecule has 0 bridgehead atoms. The standard InChI is InChI=1S/C26H28N2O8S2/c1-18-4-5-19(2)24(16-18)38(32,33)36-22-9-6-20(7-10-22)26(29)27-21-8-11-23(34-3)25(17-21)37(30,31)28-12-14-35-15-13-28/h4-11,16-17H,12-15H2,1-3H3,(H,27,29). The third-order valence-electron chi connectivity index (χ3n) is 5.94. The molecule has 1 amide bonds. The fourth-order valence-corrected chi connectivity index (χ4v) is 6.73. The van der Waals surface area contributed by atoms with Crippen molar-refractivity contribution < 1.29 is 35.3 Å². The number of methoxy groups -OCH3 is 1. The van der Waals surface area contributed by atoms with Crippen molar-refractivity contribution in [3.05, 3.63) is 77.4 Å². The van der Waals surface area contributed by atoms with E-state index in [2.05, 4.69) is 5.32 Å². The van der Waals surface area contributed by atoms with Crippen molar-refractivity contribution in [1.82, 2.24) is 4.31 Å². The monoisotopic (exact) mass is 560 g/mol. The van der Waals surface area contributed by atoms with Crippen LogP contribution in [0.15, 0.2) is 70.5 Å². The van der Waals surface area contributed by atoms with E-state index < -0.39 is 26.0 Å². The SMILES string of the molecule is COc1ccc(NC(=O)c2ccc(OS(=O)(=O)c3cc(C)ccc3C)cc2)cc1S(=O)(=O)N1CCOCC1. The van der Waals surface area contributed by atoms with Gasteiger partial charge in [0.15, 0.2) is 0 Å². The van der Waals surface area contributed by atoms with Crippen molar-refractivity contribution >= 4 is 31.7 Å². The molecule has 12 heteroatoms. The smallest absolute Gasteiger partial charge is 0.339 e. The number of carbonyl (C=O) groups excluding carboxylic acids is 1. The van der Waals surface area contributed by atoms with Crippen LogP contribution in [0.4, 0.5) is 5.69 Å². The normalized spacial score (nSPS) is 14.6. The van der Waals surface area contributed by atoms with Gasteiger partial charge in [0.25, 0.3) is 5.91 Å². The zero-order valence-corrected chi connectivity index (χ0v) is 22.8. The molecule has 3 aromatic rings. The Kier molecular flexibility index (Phi) is 8.07. The van der Waals surface area contributed by atoms with Crippen LogP contribution in [-0.4, -0.2) is 60.5 Å². The van der Waals surface area contributed by atoms with Crippen molar-refractivity contribution in [3.63, 3.8) is 0 Å². The molecule has 1 heterocycles. The Labute approximate surface area is 222 Å². The molecule has 1 aliphatic rings. The van der Waals surface area contributed by atoms with Crippen LogP contribution in [0.2, 0.25) is 0 Å². The molecule has 1 aliphatic heterocycles. The fraction of sp³-hybridized carbons (Fsp3) is 0.269. The average Bonchev–Trinajstić information content (AvgIpc) is 2.90. The van der Waals surface area contributed by atoms with Crippen molar-refractivity contribution in [2.24, 2.45) is 0 Å². The lowest BCUT2D eigenvalue weighted by Crippen LogP contribution is -2.40. The Bertz CT molecular complexity index is 1550. The molecule has 1 fully saturated rings. The van der Waals surface area contributed by atoms with E-state index in [0.29, 0.717) is 18.8 Å². The van der Waals surface area contributed by atoms with Gasteiger partial charge < -0.3 is 19.0 Å². The minimum atomic E-state index is -4.06. The van der Waals surface area contributed by atoms with Gasteiger partial charge in [-0.1, -0.05) is 12.1 Å². The highest BCUT2D eigenvalue weighted by atomic mass is 32.2. The molecule has 0 radical (unpaired) electrons. The molecule has 1 N–H and O–H groups in total. The Hall–Kier alpha value is -3.45. The number of hydrogen-bond donors (Lipinski definition) is 1. The first-order valence-corrected chi connectivity index (χ1v) is 14.6. The van der Waals surface area contributed by atoms with E-state index in [1.165, 1.54) is 59.9 Å². The number of amides is 1. The maximum Gasteiger partial charge on any atom is 0.339 e. The molecule has 0 atom stereocenters. The van der Waals surface area contributed by atoms with Crippen molar-refractivity contribution in [2.45, 2.75) is 23.6 Å². The maximum absolute atomic E-state index is 13.2. The number of morpholine rings is 1. The summed E-state index contributed by atoms with van der Waals surface area (Å²) in [5, 5.41) is 2.67. The Balaban J connectivity index is 1.51. The van der Waals surface area contributed by atoms with E-state index in [1.54, 1.807) is 19.9 Å². The van der Waals surface area contributed by atoms with Gasteiger partial charge in [0.2, 0.25) is 10.0 Å². The molecule has 3 aromatic carbocycles. The number of nitrogens with zero attached hydrogens (tertiary/aromatic N) is 1. The molecular formula is C26H28N2O8S2. The zero-order valence-electron chi connectivity index (χ0n) is 21.1. The minimum absolute atomic E-state index is 0.0470. The van der Waals surface area contributed by atoms with E-state index in [-0.39, 0.29) is 45.6 Å². The van der Waals surface area contributed by atoms with E-state index >= 15 is 0 Å². The lowest BCUT2D eigenvalue weighted by molar-refractivity contribution is 0.0729. The Morgan fingerprint density at radius 2 is 1.58 bits per heavy atom. The molecule has 0 spiro atoms. The van der Waals surface area contributed by atoms with Crippen molar-refractivity contribution in [1.29, 1.82) is 0 Å². The van der Waals surface area contributed by atoms with Crippen molar-refractivity contribution in [2.75, 3.05) is 38.7 Å². The number of benzene rings is 3. The van der Waals surface area contributed by atoms with Crippen LogP contribution in [-0.2, 0) is 24.9 Å². The highest BCUT2D eigenvalue weighted by Gasteiger charge is 2.29. The minimum Gasteiger partial charge on any atom is -0.495 e. The molecule has 1 saturated heterocycles. The topological polar surface area (TPSA) is 128 Å². The average molecular weight is 561 g/mol. The first kappa shape index (κ1) is 27.6. The first-order valence-electron chi connectivity index (χ1n) is 11.7. The molecule has 0 aliphatic carbocycles. The lowest BCUT2D eigenvalue weighted by atomic mass is 10.2. The number of carbonyl (C=O) groups is 1. The summed E-state index contributed by atoms with van der Waals surface area (Å²) in [5.41, 5.74) is 1.81. The van der Waals surface area contributed by atoms with E-state index in [9.17, 15) is 21.6 Å². The van der Waals surface area contributed by atoms with Crippen LogP contribution in [0.5, 0.6) is 11.5 Å². The van der Waals surface area contributed by atoms with Gasteiger partial charge >= 0.3 is 10.1 Å². The molecular weight excluding hydrogens is 532 g/mol. The summed E-state index contributed by atoms with van der Waals surface area (Å²) in [4.78, 5) is 12.9. The maximum atomic E-state index is 13.2. The second kappa shape index (κ2) is 11.1. The van der Waals surface area contributed by atoms with Gasteiger partial charge in [-0.2, -0.15) is 12.7 Å². The van der Waals surface area contributed by atoms with Gasteiger partial charge in [-0.25, -0.2) is 8.42 Å². The third-order valence-corrected chi connectivity index (χ3v) is 9.25. The van der Waals surface area contributed by atoms with Gasteiger partial charge in [-0.05, 0) is 73.5 Å². The van der Waals surface area contributed by atoms with Gasteiger partial charge in [0.05, 0.1) is 20.3 Å². The van der Waals surface area contributed by atoms with Crippen LogP contribution in [0.25, 0.3) is 0 Å². The number of aryl methyl sites for hydroxylation is 2.